The Balaban J connectivity index is 1.65. The molecule has 41 heavy (non-hydrogen) atoms. The fourth-order valence-corrected chi connectivity index (χ4v) is 6.61. The summed E-state index contributed by atoms with van der Waals surface area (Å²) in [6.45, 7) is 23.0. The molecule has 222 valence electrons. The van der Waals surface area contributed by atoms with E-state index in [0.717, 1.165) is 0 Å². The molecule has 10 nitrogen and oxygen atoms in total. The molecule has 0 unspecified atom stereocenters. The van der Waals surface area contributed by atoms with Crippen LogP contribution in [0.1, 0.15) is 59.8 Å². The van der Waals surface area contributed by atoms with E-state index in [1.165, 1.54) is 0 Å². The minimum atomic E-state index is -2.09. The number of nitrogens with zero attached hydrogens (tertiary/aromatic N) is 5. The molecule has 4 rings (SSSR count). The third kappa shape index (κ3) is 6.65. The van der Waals surface area contributed by atoms with E-state index < -0.39 is 16.6 Å². The number of nitrogen functional groups attached to an aromatic ring is 1. The van der Waals surface area contributed by atoms with Gasteiger partial charge in [-0.25, -0.2) is 4.98 Å². The van der Waals surface area contributed by atoms with Gasteiger partial charge in [0.05, 0.1) is 30.7 Å². The summed E-state index contributed by atoms with van der Waals surface area (Å²) in [6.07, 6.45) is 1.65. The molecule has 0 aliphatic carbocycles. The predicted molar refractivity (Wildman–Crippen MR) is 168 cm³/mol. The Morgan fingerprint density at radius 1 is 1.10 bits per heavy atom. The number of nitrogens with one attached hydrogen (secondary N) is 1. The molecule has 1 fully saturated rings. The van der Waals surface area contributed by atoms with E-state index >= 15 is 0 Å². The Kier molecular flexibility index (Phi) is 8.43. The summed E-state index contributed by atoms with van der Waals surface area (Å²) in [4.78, 5) is 13.6. The Morgan fingerprint density at radius 2 is 1.78 bits per heavy atom. The monoisotopic (exact) mass is 595 g/mol. The molecule has 0 bridgehead atoms. The zero-order valence-electron chi connectivity index (χ0n) is 26.1. The van der Waals surface area contributed by atoms with Gasteiger partial charge in [-0.1, -0.05) is 47.6 Å². The van der Waals surface area contributed by atoms with Crippen molar-refractivity contribution in [2.75, 3.05) is 17.7 Å². The van der Waals surface area contributed by atoms with Crippen LogP contribution < -0.4 is 11.1 Å². The van der Waals surface area contributed by atoms with Crippen LogP contribution in [0, 0.1) is 11.3 Å². The lowest BCUT2D eigenvalue weighted by Gasteiger charge is -2.40. The van der Waals surface area contributed by atoms with Crippen LogP contribution in [-0.2, 0) is 13.6 Å². The smallest absolute Gasteiger partial charge is 0.224 e. The Labute approximate surface area is 245 Å². The highest BCUT2D eigenvalue weighted by molar-refractivity contribution is 6.74. The molecule has 0 spiro atoms. The third-order valence-corrected chi connectivity index (χ3v) is 17.9. The highest BCUT2D eigenvalue weighted by atomic mass is 28.4. The van der Waals surface area contributed by atoms with E-state index in [4.69, 9.17) is 19.3 Å². The highest BCUT2D eigenvalue weighted by Gasteiger charge is 2.47. The maximum absolute atomic E-state index is 9.28. The van der Waals surface area contributed by atoms with Gasteiger partial charge in [-0.2, -0.15) is 15.2 Å². The van der Waals surface area contributed by atoms with Crippen molar-refractivity contribution in [2.24, 2.45) is 0 Å². The van der Waals surface area contributed by atoms with Gasteiger partial charge in [-0.15, -0.1) is 0 Å². The average molecular weight is 596 g/mol. The van der Waals surface area contributed by atoms with Gasteiger partial charge in [0.25, 0.3) is 0 Å². The summed E-state index contributed by atoms with van der Waals surface area (Å²) < 4.78 is 22.2. The second kappa shape index (κ2) is 11.1. The number of rotatable bonds is 8. The van der Waals surface area contributed by atoms with Crippen LogP contribution in [0.4, 0.5) is 17.5 Å². The van der Waals surface area contributed by atoms with E-state index in [2.05, 4.69) is 94.1 Å². The van der Waals surface area contributed by atoms with Crippen LogP contribution in [0.3, 0.4) is 0 Å². The number of anilines is 3. The maximum atomic E-state index is 9.28. The first-order chi connectivity index (χ1) is 18.9. The number of fused-ring (bicyclic) bond motifs is 1. The number of nitrogens with two attached hydrogens (primary N) is 1. The number of aromatic nitrogens is 4. The standard InChI is InChI=1S/C29H45N7O3Si2/c1-28(2,3)40(7,8)37-17-22-21(39-41(9,10)29(4,5)6)15-23(38-22)36-18-32-24-25(34-27(31)35-26(24)36)33-20-13-11-12-19(14-20)16-30/h11-14,18,21-23H,15,17H2,1-10H3,(H3,31,33,34,35)/t21-,22+,23+/m0/s1. The van der Waals surface area contributed by atoms with E-state index in [-0.39, 0.29) is 34.5 Å². The molecule has 2 aromatic heterocycles. The van der Waals surface area contributed by atoms with Crippen LogP contribution in [0.15, 0.2) is 30.6 Å². The summed E-state index contributed by atoms with van der Waals surface area (Å²) >= 11 is 0. The largest absolute Gasteiger partial charge is 0.414 e. The first kappa shape index (κ1) is 31.1. The summed E-state index contributed by atoms with van der Waals surface area (Å²) in [5, 5.41) is 12.7. The number of benzene rings is 1. The third-order valence-electron chi connectivity index (χ3n) is 8.85. The van der Waals surface area contributed by atoms with Gasteiger partial charge in [-0.3, -0.25) is 4.57 Å². The lowest BCUT2D eigenvalue weighted by Crippen LogP contribution is -2.48. The van der Waals surface area contributed by atoms with Gasteiger partial charge in [0.2, 0.25) is 5.95 Å². The van der Waals surface area contributed by atoms with Gasteiger partial charge in [0.1, 0.15) is 12.3 Å². The highest BCUT2D eigenvalue weighted by Crippen LogP contribution is 2.43. The minimum Gasteiger partial charge on any atom is -0.414 e. The van der Waals surface area contributed by atoms with E-state index in [0.29, 0.717) is 41.3 Å². The second-order valence-electron chi connectivity index (χ2n) is 13.9. The zero-order chi connectivity index (χ0) is 30.4. The topological polar surface area (TPSA) is 133 Å². The Morgan fingerprint density at radius 3 is 2.41 bits per heavy atom. The van der Waals surface area contributed by atoms with Crippen LogP contribution in [0.5, 0.6) is 0 Å². The second-order valence-corrected chi connectivity index (χ2v) is 23.5. The summed E-state index contributed by atoms with van der Waals surface area (Å²) in [6, 6.07) is 9.31. The van der Waals surface area contributed by atoms with Crippen LogP contribution in [0.2, 0.25) is 36.3 Å². The van der Waals surface area contributed by atoms with Gasteiger partial charge < -0.3 is 24.6 Å². The molecule has 0 saturated carbocycles. The van der Waals surface area contributed by atoms with Crippen molar-refractivity contribution in [2.45, 2.75) is 103 Å². The lowest BCUT2D eigenvalue weighted by molar-refractivity contribution is -0.0383. The normalized spacial score (nSPS) is 20.4. The molecule has 1 saturated heterocycles. The summed E-state index contributed by atoms with van der Waals surface area (Å²) in [5.74, 6) is 0.578. The molecule has 0 amide bonds. The van der Waals surface area contributed by atoms with Crippen LogP contribution in [0.25, 0.3) is 11.2 Å². The van der Waals surface area contributed by atoms with Crippen molar-refractivity contribution in [3.63, 3.8) is 0 Å². The number of ether oxygens (including phenoxy) is 1. The van der Waals surface area contributed by atoms with Crippen molar-refractivity contribution in [1.82, 2.24) is 19.5 Å². The SMILES string of the molecule is CC(C)(C)[Si](C)(C)OC[C@H]1O[C@@H](n2cnc3c(Nc4cccc(C#N)c4)nc(N)nc32)C[C@@H]1O[Si](C)(C)C(C)(C)C. The number of hydrogen-bond acceptors (Lipinski definition) is 9. The Bertz CT molecular complexity index is 1440. The van der Waals surface area contributed by atoms with Crippen molar-refractivity contribution < 1.29 is 13.6 Å². The molecule has 3 atom stereocenters. The molecule has 3 heterocycles. The maximum Gasteiger partial charge on any atom is 0.224 e. The molecule has 1 aliphatic rings. The van der Waals surface area contributed by atoms with Crippen molar-refractivity contribution >= 4 is 45.3 Å². The molecular formula is C29H45N7O3Si2. The summed E-state index contributed by atoms with van der Waals surface area (Å²) in [7, 11) is -4.09. The molecule has 1 aromatic carbocycles. The van der Waals surface area contributed by atoms with Gasteiger partial charge in [0, 0.05) is 12.1 Å². The molecular weight excluding hydrogens is 551 g/mol. The van der Waals surface area contributed by atoms with Crippen molar-refractivity contribution in [1.29, 1.82) is 5.26 Å². The summed E-state index contributed by atoms with van der Waals surface area (Å²) in [5.41, 5.74) is 8.53. The molecule has 1 aliphatic heterocycles. The van der Waals surface area contributed by atoms with Gasteiger partial charge in [-0.05, 0) is 54.5 Å². The van der Waals surface area contributed by atoms with E-state index in [1.54, 1.807) is 18.5 Å². The minimum absolute atomic E-state index is 0.0583. The average Bonchev–Trinajstić information content (AvgIpc) is 3.45. The predicted octanol–water partition coefficient (Wildman–Crippen LogP) is 6.72. The van der Waals surface area contributed by atoms with Crippen molar-refractivity contribution in [3.8, 4) is 6.07 Å². The van der Waals surface area contributed by atoms with E-state index in [1.807, 2.05) is 16.7 Å². The van der Waals surface area contributed by atoms with Gasteiger partial charge in [0.15, 0.2) is 33.6 Å². The first-order valence-electron chi connectivity index (χ1n) is 14.2. The Hall–Kier alpha value is -2.83. The number of imidazole rings is 1. The quantitative estimate of drug-likeness (QED) is 0.272. The van der Waals surface area contributed by atoms with Crippen LogP contribution in [-0.4, -0.2) is 55.0 Å². The van der Waals surface area contributed by atoms with Crippen LogP contribution >= 0.6 is 0 Å². The molecule has 3 N–H and O–H groups in total. The lowest BCUT2D eigenvalue weighted by atomic mass is 10.2. The molecule has 12 heteroatoms. The first-order valence-corrected chi connectivity index (χ1v) is 20.0. The molecule has 0 radical (unpaired) electrons. The zero-order valence-corrected chi connectivity index (χ0v) is 28.1. The van der Waals surface area contributed by atoms with Crippen molar-refractivity contribution in [3.05, 3.63) is 36.2 Å². The number of nitriles is 1. The fourth-order valence-electron chi connectivity index (χ4n) is 4.24. The number of hydrogen-bond donors (Lipinski definition) is 2. The van der Waals surface area contributed by atoms with Gasteiger partial charge >= 0.3 is 0 Å². The van der Waals surface area contributed by atoms with E-state index in [9.17, 15) is 5.26 Å². The fraction of sp³-hybridized carbons (Fsp3) is 0.586. The molecule has 3 aromatic rings.